The van der Waals surface area contributed by atoms with Crippen LogP contribution in [-0.4, -0.2) is 37.9 Å². The van der Waals surface area contributed by atoms with Crippen molar-refractivity contribution in [2.45, 2.75) is 33.0 Å². The number of carbonyl (C=O) groups is 2. The zero-order valence-electron chi connectivity index (χ0n) is 20.6. The van der Waals surface area contributed by atoms with Crippen molar-refractivity contribution in [1.82, 2.24) is 30.2 Å². The van der Waals surface area contributed by atoms with Crippen molar-refractivity contribution in [2.24, 2.45) is 7.05 Å². The SMILES string of the molecule is Cc1cc(CNC(=O)c2nn(-c3cccc(Cl)c3)c3c2CN(c2ccc4c(c2)CNCC4)C3=O)nn1C. The van der Waals surface area contributed by atoms with Crippen molar-refractivity contribution in [3.05, 3.63) is 93.0 Å². The summed E-state index contributed by atoms with van der Waals surface area (Å²) >= 11 is 6.25. The molecule has 10 heteroatoms. The lowest BCUT2D eigenvalue weighted by Gasteiger charge is -2.22. The predicted octanol–water partition coefficient (Wildman–Crippen LogP) is 3.30. The van der Waals surface area contributed by atoms with Gasteiger partial charge in [-0.05, 0) is 67.4 Å². The molecule has 37 heavy (non-hydrogen) atoms. The number of hydrogen-bond donors (Lipinski definition) is 2. The van der Waals surface area contributed by atoms with Crippen LogP contribution in [0.1, 0.15) is 49.1 Å². The third-order valence-electron chi connectivity index (χ3n) is 7.00. The number of nitrogens with one attached hydrogen (secondary N) is 2. The van der Waals surface area contributed by atoms with Gasteiger partial charge < -0.3 is 15.5 Å². The number of carbonyl (C=O) groups excluding carboxylic acids is 2. The summed E-state index contributed by atoms with van der Waals surface area (Å²) in [6, 6.07) is 15.2. The first kappa shape index (κ1) is 23.4. The molecule has 0 atom stereocenters. The molecule has 0 saturated carbocycles. The van der Waals surface area contributed by atoms with Gasteiger partial charge in [0.05, 0.1) is 24.5 Å². The fourth-order valence-corrected chi connectivity index (χ4v) is 5.16. The molecule has 0 fully saturated rings. The molecule has 0 radical (unpaired) electrons. The van der Waals surface area contributed by atoms with Crippen molar-refractivity contribution < 1.29 is 9.59 Å². The molecule has 0 aliphatic carbocycles. The van der Waals surface area contributed by atoms with Crippen LogP contribution in [-0.2, 0) is 33.1 Å². The first-order chi connectivity index (χ1) is 17.9. The Morgan fingerprint density at radius 3 is 2.76 bits per heavy atom. The molecule has 0 spiro atoms. The van der Waals surface area contributed by atoms with Crippen LogP contribution in [0.3, 0.4) is 0 Å². The van der Waals surface area contributed by atoms with Crippen molar-refractivity contribution in [2.75, 3.05) is 11.4 Å². The molecule has 4 aromatic rings. The molecule has 2 aliphatic heterocycles. The summed E-state index contributed by atoms with van der Waals surface area (Å²) in [5.41, 5.74) is 6.83. The minimum atomic E-state index is -0.357. The molecule has 2 aromatic carbocycles. The minimum Gasteiger partial charge on any atom is -0.345 e. The van der Waals surface area contributed by atoms with Crippen LogP contribution in [0.15, 0.2) is 48.5 Å². The number of hydrogen-bond acceptors (Lipinski definition) is 5. The van der Waals surface area contributed by atoms with Crippen LogP contribution in [0.2, 0.25) is 5.02 Å². The smallest absolute Gasteiger partial charge is 0.277 e. The van der Waals surface area contributed by atoms with E-state index < -0.39 is 0 Å². The number of benzene rings is 2. The highest BCUT2D eigenvalue weighted by molar-refractivity contribution is 6.30. The van der Waals surface area contributed by atoms with Gasteiger partial charge in [0.1, 0.15) is 5.69 Å². The summed E-state index contributed by atoms with van der Waals surface area (Å²) in [5.74, 6) is -0.560. The summed E-state index contributed by atoms with van der Waals surface area (Å²) < 4.78 is 3.29. The van der Waals surface area contributed by atoms with Crippen LogP contribution in [0.4, 0.5) is 5.69 Å². The lowest BCUT2D eigenvalue weighted by Crippen LogP contribution is -2.29. The van der Waals surface area contributed by atoms with E-state index in [0.717, 1.165) is 36.6 Å². The van der Waals surface area contributed by atoms with Crippen molar-refractivity contribution in [3.63, 3.8) is 0 Å². The molecule has 0 bridgehead atoms. The molecular weight excluding hydrogens is 490 g/mol. The first-order valence-electron chi connectivity index (χ1n) is 12.2. The Morgan fingerprint density at radius 1 is 1.11 bits per heavy atom. The number of anilines is 1. The molecular formula is C27H26ClN7O2. The van der Waals surface area contributed by atoms with E-state index in [1.165, 1.54) is 15.8 Å². The van der Waals surface area contributed by atoms with E-state index in [4.69, 9.17) is 11.6 Å². The van der Waals surface area contributed by atoms with Gasteiger partial charge in [-0.3, -0.25) is 14.3 Å². The number of nitrogens with zero attached hydrogens (tertiary/aromatic N) is 5. The summed E-state index contributed by atoms with van der Waals surface area (Å²) in [5, 5.41) is 15.8. The highest BCUT2D eigenvalue weighted by Gasteiger charge is 2.38. The lowest BCUT2D eigenvalue weighted by atomic mass is 10.0. The Morgan fingerprint density at radius 2 is 1.97 bits per heavy atom. The van der Waals surface area contributed by atoms with Gasteiger partial charge in [-0.25, -0.2) is 4.68 Å². The van der Waals surface area contributed by atoms with E-state index in [1.54, 1.807) is 27.8 Å². The fourth-order valence-electron chi connectivity index (χ4n) is 4.97. The lowest BCUT2D eigenvalue weighted by molar-refractivity contribution is 0.0941. The summed E-state index contributed by atoms with van der Waals surface area (Å²) in [7, 11) is 1.86. The van der Waals surface area contributed by atoms with Crippen LogP contribution in [0.5, 0.6) is 0 Å². The van der Waals surface area contributed by atoms with Gasteiger partial charge in [-0.1, -0.05) is 23.7 Å². The zero-order valence-corrected chi connectivity index (χ0v) is 21.3. The zero-order chi connectivity index (χ0) is 25.7. The Hall–Kier alpha value is -3.95. The van der Waals surface area contributed by atoms with Crippen LogP contribution >= 0.6 is 11.6 Å². The topological polar surface area (TPSA) is 97.1 Å². The van der Waals surface area contributed by atoms with Gasteiger partial charge in [0.15, 0.2) is 5.69 Å². The third kappa shape index (κ3) is 4.20. The first-order valence-corrected chi connectivity index (χ1v) is 12.6. The van der Waals surface area contributed by atoms with E-state index in [9.17, 15) is 9.59 Å². The maximum atomic E-state index is 13.8. The number of amides is 2. The number of aryl methyl sites for hydroxylation is 2. The Balaban J connectivity index is 1.36. The van der Waals surface area contributed by atoms with Gasteiger partial charge in [-0.2, -0.15) is 10.2 Å². The monoisotopic (exact) mass is 515 g/mol. The highest BCUT2D eigenvalue weighted by atomic mass is 35.5. The van der Waals surface area contributed by atoms with E-state index in [1.807, 2.05) is 32.2 Å². The number of aromatic nitrogens is 4. The number of halogens is 1. The molecule has 188 valence electrons. The van der Waals surface area contributed by atoms with Crippen LogP contribution < -0.4 is 15.5 Å². The number of rotatable bonds is 5. The van der Waals surface area contributed by atoms with Crippen LogP contribution in [0.25, 0.3) is 5.69 Å². The molecule has 6 rings (SSSR count). The number of fused-ring (bicyclic) bond motifs is 2. The summed E-state index contributed by atoms with van der Waals surface area (Å²) in [6.45, 7) is 4.19. The molecule has 2 aromatic heterocycles. The van der Waals surface area contributed by atoms with E-state index in [2.05, 4.69) is 33.0 Å². The van der Waals surface area contributed by atoms with E-state index in [0.29, 0.717) is 22.0 Å². The standard InChI is InChI=1S/C27H26ClN7O2/c1-16-10-20(31-33(16)2)14-30-26(36)24-23-15-34(21-7-6-17-8-9-29-13-18(17)11-21)27(37)25(23)35(32-24)22-5-3-4-19(28)12-22/h3-7,10-12,29H,8-9,13-15H2,1-2H3,(H,30,36). The van der Waals surface area contributed by atoms with E-state index in [-0.39, 0.29) is 30.6 Å². The molecule has 2 aliphatic rings. The Labute approximate surface area is 219 Å². The summed E-state index contributed by atoms with van der Waals surface area (Å²) in [6.07, 6.45) is 0.966. The third-order valence-corrected chi connectivity index (χ3v) is 7.23. The molecule has 4 heterocycles. The molecule has 2 amide bonds. The van der Waals surface area contributed by atoms with Gasteiger partial charge >= 0.3 is 0 Å². The molecule has 0 saturated heterocycles. The largest absolute Gasteiger partial charge is 0.345 e. The van der Waals surface area contributed by atoms with Gasteiger partial charge in [-0.15, -0.1) is 0 Å². The average Bonchev–Trinajstić information content (AvgIpc) is 3.55. The van der Waals surface area contributed by atoms with Crippen molar-refractivity contribution in [1.29, 1.82) is 0 Å². The average molecular weight is 516 g/mol. The van der Waals surface area contributed by atoms with Crippen molar-refractivity contribution in [3.8, 4) is 5.69 Å². The summed E-state index contributed by atoms with van der Waals surface area (Å²) in [4.78, 5) is 28.8. The maximum Gasteiger partial charge on any atom is 0.277 e. The Kier molecular flexibility index (Phi) is 5.81. The highest BCUT2D eigenvalue weighted by Crippen LogP contribution is 2.34. The quantitative estimate of drug-likeness (QED) is 0.425. The normalized spacial score (nSPS) is 14.6. The molecule has 0 unspecified atom stereocenters. The second-order valence-electron chi connectivity index (χ2n) is 9.42. The molecule has 9 nitrogen and oxygen atoms in total. The molecule has 2 N–H and O–H groups in total. The van der Waals surface area contributed by atoms with Crippen molar-refractivity contribution >= 4 is 29.1 Å². The second-order valence-corrected chi connectivity index (χ2v) is 9.86. The predicted molar refractivity (Wildman–Crippen MR) is 140 cm³/mol. The minimum absolute atomic E-state index is 0.203. The Bertz CT molecular complexity index is 1530. The fraction of sp³-hybridized carbons (Fsp3) is 0.259. The second kappa shape index (κ2) is 9.17. The van der Waals surface area contributed by atoms with Crippen LogP contribution in [0, 0.1) is 6.92 Å². The van der Waals surface area contributed by atoms with Gasteiger partial charge in [0.25, 0.3) is 11.8 Å². The van der Waals surface area contributed by atoms with Gasteiger partial charge in [0, 0.05) is 35.6 Å². The van der Waals surface area contributed by atoms with Gasteiger partial charge in [0.2, 0.25) is 0 Å². The maximum absolute atomic E-state index is 13.8. The van der Waals surface area contributed by atoms with E-state index >= 15 is 0 Å².